The zero-order valence-electron chi connectivity index (χ0n) is 9.48. The van der Waals surface area contributed by atoms with E-state index in [0.29, 0.717) is 23.9 Å². The van der Waals surface area contributed by atoms with Crippen molar-refractivity contribution in [1.29, 1.82) is 0 Å². The lowest BCUT2D eigenvalue weighted by Gasteiger charge is -2.25. The summed E-state index contributed by atoms with van der Waals surface area (Å²) in [6.07, 6.45) is 5.24. The lowest BCUT2D eigenvalue weighted by Crippen LogP contribution is -2.20. The van der Waals surface area contributed by atoms with Gasteiger partial charge in [-0.2, -0.15) is 5.10 Å². The fourth-order valence-electron chi connectivity index (χ4n) is 1.83. The van der Waals surface area contributed by atoms with E-state index in [2.05, 4.69) is 5.10 Å². The smallest absolute Gasteiger partial charge is 0.343 e. The van der Waals surface area contributed by atoms with E-state index in [1.54, 1.807) is 11.6 Å². The first-order valence-electron chi connectivity index (χ1n) is 5.70. The highest BCUT2D eigenvalue weighted by molar-refractivity contribution is 5.93. The zero-order valence-corrected chi connectivity index (χ0v) is 9.48. The number of esters is 1. The SMILES string of the molecule is CCOC(=O)c1cnn(CC2CCC2)c1N. The molecule has 1 heterocycles. The Balaban J connectivity index is 2.06. The van der Waals surface area contributed by atoms with Crippen LogP contribution in [0.25, 0.3) is 0 Å². The van der Waals surface area contributed by atoms with Crippen molar-refractivity contribution in [3.63, 3.8) is 0 Å². The first-order valence-corrected chi connectivity index (χ1v) is 5.70. The molecule has 0 amide bonds. The molecule has 1 saturated carbocycles. The van der Waals surface area contributed by atoms with Crippen LogP contribution in [-0.4, -0.2) is 22.4 Å². The van der Waals surface area contributed by atoms with E-state index in [-0.39, 0.29) is 5.97 Å². The van der Waals surface area contributed by atoms with Gasteiger partial charge in [0.15, 0.2) is 0 Å². The fraction of sp³-hybridized carbons (Fsp3) is 0.636. The van der Waals surface area contributed by atoms with Gasteiger partial charge >= 0.3 is 5.97 Å². The molecular weight excluding hydrogens is 206 g/mol. The standard InChI is InChI=1S/C11H17N3O2/c1-2-16-11(15)9-6-13-14(10(9)12)7-8-4-3-5-8/h6,8H,2-5,7,12H2,1H3. The number of carbonyl (C=O) groups excluding carboxylic acids is 1. The lowest BCUT2D eigenvalue weighted by atomic mass is 9.85. The van der Waals surface area contributed by atoms with E-state index in [1.165, 1.54) is 25.5 Å². The minimum absolute atomic E-state index is 0.353. The van der Waals surface area contributed by atoms with Crippen LogP contribution in [0.3, 0.4) is 0 Å². The van der Waals surface area contributed by atoms with Gasteiger partial charge < -0.3 is 10.5 Å². The third-order valence-electron chi connectivity index (χ3n) is 3.03. The number of nitrogens with two attached hydrogens (primary N) is 1. The predicted octanol–water partition coefficient (Wildman–Crippen LogP) is 1.44. The Morgan fingerprint density at radius 1 is 1.69 bits per heavy atom. The van der Waals surface area contributed by atoms with Crippen molar-refractivity contribution in [2.24, 2.45) is 5.92 Å². The minimum Gasteiger partial charge on any atom is -0.462 e. The maximum absolute atomic E-state index is 11.5. The zero-order chi connectivity index (χ0) is 11.5. The predicted molar refractivity (Wildman–Crippen MR) is 59.9 cm³/mol. The van der Waals surface area contributed by atoms with Gasteiger partial charge in [-0.1, -0.05) is 6.42 Å². The number of rotatable bonds is 4. The molecule has 1 fully saturated rings. The molecule has 0 aromatic carbocycles. The summed E-state index contributed by atoms with van der Waals surface area (Å²) in [5, 5.41) is 4.13. The van der Waals surface area contributed by atoms with Gasteiger partial charge in [-0.25, -0.2) is 9.48 Å². The second kappa shape index (κ2) is 4.55. The molecule has 0 aliphatic heterocycles. The van der Waals surface area contributed by atoms with E-state index in [1.807, 2.05) is 0 Å². The Morgan fingerprint density at radius 2 is 2.44 bits per heavy atom. The van der Waals surface area contributed by atoms with Crippen LogP contribution in [0.2, 0.25) is 0 Å². The maximum Gasteiger partial charge on any atom is 0.343 e. The third kappa shape index (κ3) is 2.03. The molecule has 1 aliphatic rings. The Kier molecular flexibility index (Phi) is 3.12. The summed E-state index contributed by atoms with van der Waals surface area (Å²) in [5.41, 5.74) is 6.24. The molecule has 0 bridgehead atoms. The van der Waals surface area contributed by atoms with E-state index in [4.69, 9.17) is 10.5 Å². The van der Waals surface area contributed by atoms with Gasteiger partial charge in [0, 0.05) is 6.54 Å². The topological polar surface area (TPSA) is 70.1 Å². The largest absolute Gasteiger partial charge is 0.462 e. The van der Waals surface area contributed by atoms with Crippen molar-refractivity contribution in [1.82, 2.24) is 9.78 Å². The summed E-state index contributed by atoms with van der Waals surface area (Å²) in [6, 6.07) is 0. The van der Waals surface area contributed by atoms with Crippen LogP contribution >= 0.6 is 0 Å². The van der Waals surface area contributed by atoms with Crippen LogP contribution < -0.4 is 5.73 Å². The summed E-state index contributed by atoms with van der Waals surface area (Å²) >= 11 is 0. The van der Waals surface area contributed by atoms with Gasteiger partial charge in [-0.05, 0) is 25.7 Å². The normalized spacial score (nSPS) is 15.8. The molecule has 0 radical (unpaired) electrons. The molecule has 0 atom stereocenters. The monoisotopic (exact) mass is 223 g/mol. The van der Waals surface area contributed by atoms with Gasteiger partial charge in [0.25, 0.3) is 0 Å². The van der Waals surface area contributed by atoms with Gasteiger partial charge in [-0.3, -0.25) is 0 Å². The number of anilines is 1. The average molecular weight is 223 g/mol. The van der Waals surface area contributed by atoms with Crippen molar-refractivity contribution in [3.05, 3.63) is 11.8 Å². The lowest BCUT2D eigenvalue weighted by molar-refractivity contribution is 0.0527. The molecule has 0 saturated heterocycles. The number of ether oxygens (including phenoxy) is 1. The molecule has 2 rings (SSSR count). The second-order valence-corrected chi connectivity index (χ2v) is 4.14. The van der Waals surface area contributed by atoms with Crippen molar-refractivity contribution in [3.8, 4) is 0 Å². The van der Waals surface area contributed by atoms with Crippen molar-refractivity contribution in [2.75, 3.05) is 12.3 Å². The highest BCUT2D eigenvalue weighted by atomic mass is 16.5. The Labute approximate surface area is 94.6 Å². The molecular formula is C11H17N3O2. The number of hydrogen-bond donors (Lipinski definition) is 1. The first kappa shape index (κ1) is 11.0. The van der Waals surface area contributed by atoms with Crippen molar-refractivity contribution >= 4 is 11.8 Å². The quantitative estimate of drug-likeness (QED) is 0.784. The van der Waals surface area contributed by atoms with Crippen LogP contribution in [0.5, 0.6) is 0 Å². The molecule has 16 heavy (non-hydrogen) atoms. The van der Waals surface area contributed by atoms with Gasteiger partial charge in [0.1, 0.15) is 11.4 Å². The van der Waals surface area contributed by atoms with Crippen LogP contribution in [0.1, 0.15) is 36.5 Å². The molecule has 5 heteroatoms. The van der Waals surface area contributed by atoms with E-state index in [0.717, 1.165) is 6.54 Å². The Hall–Kier alpha value is -1.52. The van der Waals surface area contributed by atoms with Crippen molar-refractivity contribution < 1.29 is 9.53 Å². The molecule has 2 N–H and O–H groups in total. The summed E-state index contributed by atoms with van der Waals surface area (Å²) in [7, 11) is 0. The molecule has 1 aromatic heterocycles. The Bertz CT molecular complexity index is 383. The fourth-order valence-corrected chi connectivity index (χ4v) is 1.83. The molecule has 5 nitrogen and oxygen atoms in total. The molecule has 88 valence electrons. The van der Waals surface area contributed by atoms with Crippen LogP contribution in [0.4, 0.5) is 5.82 Å². The summed E-state index contributed by atoms with van der Waals surface area (Å²) in [6.45, 7) is 2.93. The Morgan fingerprint density at radius 3 is 3.00 bits per heavy atom. The van der Waals surface area contributed by atoms with Gasteiger partial charge in [0.05, 0.1) is 12.8 Å². The molecule has 0 spiro atoms. The molecule has 0 unspecified atom stereocenters. The number of carbonyl (C=O) groups is 1. The van der Waals surface area contributed by atoms with E-state index < -0.39 is 0 Å². The first-order chi connectivity index (χ1) is 7.72. The number of aromatic nitrogens is 2. The third-order valence-corrected chi connectivity index (χ3v) is 3.03. The number of hydrogen-bond acceptors (Lipinski definition) is 4. The van der Waals surface area contributed by atoms with Crippen LogP contribution in [-0.2, 0) is 11.3 Å². The molecule has 1 aromatic rings. The second-order valence-electron chi connectivity index (χ2n) is 4.14. The van der Waals surface area contributed by atoms with Gasteiger partial charge in [-0.15, -0.1) is 0 Å². The number of nitrogens with zero attached hydrogens (tertiary/aromatic N) is 2. The summed E-state index contributed by atoms with van der Waals surface area (Å²) in [4.78, 5) is 11.5. The van der Waals surface area contributed by atoms with Crippen molar-refractivity contribution in [2.45, 2.75) is 32.7 Å². The summed E-state index contributed by atoms with van der Waals surface area (Å²) < 4.78 is 6.60. The van der Waals surface area contributed by atoms with Gasteiger partial charge in [0.2, 0.25) is 0 Å². The van der Waals surface area contributed by atoms with Crippen LogP contribution in [0.15, 0.2) is 6.20 Å². The van der Waals surface area contributed by atoms with E-state index >= 15 is 0 Å². The van der Waals surface area contributed by atoms with Crippen LogP contribution in [0, 0.1) is 5.92 Å². The average Bonchev–Trinajstić information content (AvgIpc) is 2.54. The maximum atomic E-state index is 11.5. The molecule has 1 aliphatic carbocycles. The highest BCUT2D eigenvalue weighted by Crippen LogP contribution is 2.28. The summed E-state index contributed by atoms with van der Waals surface area (Å²) in [5.74, 6) is 0.697. The number of nitrogen functional groups attached to an aromatic ring is 1. The minimum atomic E-state index is -0.389. The highest BCUT2D eigenvalue weighted by Gasteiger charge is 2.21. The van der Waals surface area contributed by atoms with E-state index in [9.17, 15) is 4.79 Å².